The minimum absolute atomic E-state index is 0.159. The molecule has 0 radical (unpaired) electrons. The van der Waals surface area contributed by atoms with Crippen LogP contribution in [0.25, 0.3) is 0 Å². The van der Waals surface area contributed by atoms with E-state index < -0.39 is 11.5 Å². The zero-order valence-electron chi connectivity index (χ0n) is 11.7. The second kappa shape index (κ2) is 6.50. The highest BCUT2D eigenvalue weighted by molar-refractivity contribution is 9.10. The van der Waals surface area contributed by atoms with Crippen LogP contribution in [0.3, 0.4) is 0 Å². The van der Waals surface area contributed by atoms with Crippen LogP contribution in [0.5, 0.6) is 0 Å². The number of nitrogens with one attached hydrogen (secondary N) is 1. The summed E-state index contributed by atoms with van der Waals surface area (Å²) in [5, 5.41) is 13.1. The van der Waals surface area contributed by atoms with E-state index in [9.17, 15) is 9.90 Å². The van der Waals surface area contributed by atoms with Crippen molar-refractivity contribution in [1.82, 2.24) is 5.32 Å². The Labute approximate surface area is 132 Å². The van der Waals surface area contributed by atoms with Crippen molar-refractivity contribution in [3.63, 3.8) is 0 Å². The molecule has 1 aliphatic carbocycles. The zero-order valence-corrected chi connectivity index (χ0v) is 14.1. The minimum Gasteiger partial charge on any atom is -0.480 e. The van der Waals surface area contributed by atoms with Crippen LogP contribution in [-0.4, -0.2) is 28.4 Å². The van der Waals surface area contributed by atoms with Crippen LogP contribution in [0.4, 0.5) is 0 Å². The fourth-order valence-electron chi connectivity index (χ4n) is 2.42. The number of carboxylic acids is 1. The van der Waals surface area contributed by atoms with Crippen LogP contribution in [-0.2, 0) is 4.79 Å². The molecule has 1 aromatic rings. The Kier molecular flexibility index (Phi) is 5.15. The van der Waals surface area contributed by atoms with Gasteiger partial charge in [-0.25, -0.2) is 0 Å². The molecule has 0 spiro atoms. The fraction of sp³-hybridized carbons (Fsp3) is 0.533. The lowest BCUT2D eigenvalue weighted by Crippen LogP contribution is -2.58. The van der Waals surface area contributed by atoms with Gasteiger partial charge < -0.3 is 5.11 Å². The summed E-state index contributed by atoms with van der Waals surface area (Å²) in [5.74, 6) is 0.0685. The molecule has 3 nitrogen and oxygen atoms in total. The summed E-state index contributed by atoms with van der Waals surface area (Å²) in [6, 6.07) is 8.10. The maximum absolute atomic E-state index is 11.9. The van der Waals surface area contributed by atoms with Gasteiger partial charge in [0.25, 0.3) is 0 Å². The molecule has 1 fully saturated rings. The fourth-order valence-corrected chi connectivity index (χ4v) is 4.25. The highest BCUT2D eigenvalue weighted by Crippen LogP contribution is 2.43. The van der Waals surface area contributed by atoms with Crippen molar-refractivity contribution in [2.24, 2.45) is 5.92 Å². The molecule has 0 amide bonds. The predicted octanol–water partition coefficient (Wildman–Crippen LogP) is 3.77. The molecule has 0 heterocycles. The highest BCUT2D eigenvalue weighted by atomic mass is 79.9. The Morgan fingerprint density at radius 1 is 1.50 bits per heavy atom. The van der Waals surface area contributed by atoms with E-state index in [0.29, 0.717) is 5.75 Å². The van der Waals surface area contributed by atoms with Crippen molar-refractivity contribution in [1.29, 1.82) is 0 Å². The molecule has 1 aliphatic rings. The Bertz CT molecular complexity index is 491. The molecule has 0 aliphatic heterocycles. The smallest absolute Gasteiger partial charge is 0.325 e. The summed E-state index contributed by atoms with van der Waals surface area (Å²) in [6.07, 6.45) is 2.01. The van der Waals surface area contributed by atoms with Gasteiger partial charge in [-0.1, -0.05) is 12.1 Å². The second-order valence-electron chi connectivity index (χ2n) is 5.57. The first-order chi connectivity index (χ1) is 9.45. The van der Waals surface area contributed by atoms with E-state index in [1.165, 1.54) is 0 Å². The summed E-state index contributed by atoms with van der Waals surface area (Å²) in [5.41, 5.74) is -0.811. The molecule has 20 heavy (non-hydrogen) atoms. The number of benzene rings is 1. The Balaban J connectivity index is 2.15. The summed E-state index contributed by atoms with van der Waals surface area (Å²) in [4.78, 5) is 12.9. The van der Waals surface area contributed by atoms with Gasteiger partial charge in [0.05, 0.1) is 0 Å². The second-order valence-corrected chi connectivity index (χ2v) is 7.44. The number of hydrogen-bond donors (Lipinski definition) is 2. The number of halogens is 1. The number of hydrogen-bond acceptors (Lipinski definition) is 3. The lowest BCUT2D eigenvalue weighted by atomic mass is 9.94. The molecule has 0 saturated heterocycles. The summed E-state index contributed by atoms with van der Waals surface area (Å²) in [7, 11) is 0. The van der Waals surface area contributed by atoms with Gasteiger partial charge in [0.15, 0.2) is 0 Å². The van der Waals surface area contributed by atoms with E-state index in [1.54, 1.807) is 11.8 Å². The van der Waals surface area contributed by atoms with Crippen LogP contribution in [0.2, 0.25) is 0 Å². The SMILES string of the molecule is CC(C)NC(CSc1ccccc1Br)(C(=O)O)C1CC1. The third kappa shape index (κ3) is 3.57. The first-order valence-corrected chi connectivity index (χ1v) is 8.62. The van der Waals surface area contributed by atoms with Crippen LogP contribution in [0, 0.1) is 5.92 Å². The molecule has 110 valence electrons. The summed E-state index contributed by atoms with van der Waals surface area (Å²) >= 11 is 5.12. The van der Waals surface area contributed by atoms with Crippen LogP contribution >= 0.6 is 27.7 Å². The summed E-state index contributed by atoms with van der Waals surface area (Å²) < 4.78 is 1.02. The van der Waals surface area contributed by atoms with Gasteiger partial charge in [0.1, 0.15) is 5.54 Å². The molecule has 1 saturated carbocycles. The average Bonchev–Trinajstić information content (AvgIpc) is 3.20. The van der Waals surface area contributed by atoms with Crippen molar-refractivity contribution in [3.05, 3.63) is 28.7 Å². The maximum atomic E-state index is 11.9. The molecule has 1 unspecified atom stereocenters. The Morgan fingerprint density at radius 2 is 2.15 bits per heavy atom. The molecular formula is C15H20BrNO2S. The Morgan fingerprint density at radius 3 is 2.65 bits per heavy atom. The molecule has 1 aromatic carbocycles. The van der Waals surface area contributed by atoms with Gasteiger partial charge in [-0.15, -0.1) is 11.8 Å². The minimum atomic E-state index is -0.811. The normalized spacial score (nSPS) is 18.0. The maximum Gasteiger partial charge on any atom is 0.325 e. The number of aliphatic carboxylic acids is 1. The predicted molar refractivity (Wildman–Crippen MR) is 86.2 cm³/mol. The largest absolute Gasteiger partial charge is 0.480 e. The molecule has 1 atom stereocenters. The molecule has 0 bridgehead atoms. The van der Waals surface area contributed by atoms with Gasteiger partial charge >= 0.3 is 5.97 Å². The van der Waals surface area contributed by atoms with E-state index >= 15 is 0 Å². The van der Waals surface area contributed by atoms with E-state index in [4.69, 9.17) is 0 Å². The van der Waals surface area contributed by atoms with E-state index in [2.05, 4.69) is 21.2 Å². The monoisotopic (exact) mass is 357 g/mol. The first-order valence-electron chi connectivity index (χ1n) is 6.84. The quantitative estimate of drug-likeness (QED) is 0.729. The van der Waals surface area contributed by atoms with Crippen molar-refractivity contribution >= 4 is 33.7 Å². The lowest BCUT2D eigenvalue weighted by molar-refractivity contribution is -0.145. The molecule has 0 aromatic heterocycles. The number of thioether (sulfide) groups is 1. The third-order valence-electron chi connectivity index (χ3n) is 3.49. The number of rotatable bonds is 7. The summed E-state index contributed by atoms with van der Waals surface area (Å²) in [6.45, 7) is 4.01. The van der Waals surface area contributed by atoms with Crippen molar-refractivity contribution in [2.45, 2.75) is 43.2 Å². The van der Waals surface area contributed by atoms with Crippen molar-refractivity contribution in [2.75, 3.05) is 5.75 Å². The van der Waals surface area contributed by atoms with Gasteiger partial charge in [-0.2, -0.15) is 0 Å². The van der Waals surface area contributed by atoms with Gasteiger partial charge in [0, 0.05) is 21.2 Å². The molecule has 2 N–H and O–H groups in total. The van der Waals surface area contributed by atoms with Crippen molar-refractivity contribution < 1.29 is 9.90 Å². The number of carbonyl (C=O) groups is 1. The average molecular weight is 358 g/mol. The van der Waals surface area contributed by atoms with Gasteiger partial charge in [0.2, 0.25) is 0 Å². The van der Waals surface area contributed by atoms with Crippen LogP contribution in [0.1, 0.15) is 26.7 Å². The van der Waals surface area contributed by atoms with Crippen LogP contribution in [0.15, 0.2) is 33.6 Å². The standard InChI is InChI=1S/C15H20BrNO2S/c1-10(2)17-15(14(18)19,11-7-8-11)9-20-13-6-4-3-5-12(13)16/h3-6,10-11,17H,7-9H2,1-2H3,(H,18,19). The topological polar surface area (TPSA) is 49.3 Å². The highest BCUT2D eigenvalue weighted by Gasteiger charge is 2.51. The number of carboxylic acid groups (broad SMARTS) is 1. The molecule has 5 heteroatoms. The van der Waals surface area contributed by atoms with Gasteiger partial charge in [-0.3, -0.25) is 10.1 Å². The molecule has 2 rings (SSSR count). The van der Waals surface area contributed by atoms with Crippen LogP contribution < -0.4 is 5.32 Å². The van der Waals surface area contributed by atoms with E-state index in [-0.39, 0.29) is 12.0 Å². The van der Waals surface area contributed by atoms with Crippen molar-refractivity contribution in [3.8, 4) is 0 Å². The van der Waals surface area contributed by atoms with E-state index in [1.807, 2.05) is 38.1 Å². The third-order valence-corrected chi connectivity index (χ3v) is 5.71. The first kappa shape index (κ1) is 15.9. The molecular weight excluding hydrogens is 338 g/mol. The zero-order chi connectivity index (χ0) is 14.8. The lowest BCUT2D eigenvalue weighted by Gasteiger charge is -2.32. The Hall–Kier alpha value is -0.520. The van der Waals surface area contributed by atoms with Gasteiger partial charge in [-0.05, 0) is 60.7 Å². The van der Waals surface area contributed by atoms with E-state index in [0.717, 1.165) is 22.2 Å².